The molecule has 1 N–H and O–H groups in total. The molecular formula is C9H10O6S. The van der Waals surface area contributed by atoms with Gasteiger partial charge in [0.1, 0.15) is 11.5 Å². The van der Waals surface area contributed by atoms with Crippen LogP contribution in [0.25, 0.3) is 0 Å². The van der Waals surface area contributed by atoms with Crippen molar-refractivity contribution in [1.82, 2.24) is 0 Å². The van der Waals surface area contributed by atoms with Crippen molar-refractivity contribution in [3.05, 3.63) is 23.7 Å². The van der Waals surface area contributed by atoms with Crippen LogP contribution in [0.4, 0.5) is 0 Å². The van der Waals surface area contributed by atoms with Gasteiger partial charge < -0.3 is 14.3 Å². The molecule has 6 nitrogen and oxygen atoms in total. The number of hydrogen-bond acceptors (Lipinski definition) is 5. The molecule has 1 unspecified atom stereocenters. The number of carbonyl (C=O) groups is 2. The summed E-state index contributed by atoms with van der Waals surface area (Å²) in [4.78, 5) is 21.3. The maximum atomic E-state index is 11.4. The van der Waals surface area contributed by atoms with E-state index in [9.17, 15) is 13.8 Å². The van der Waals surface area contributed by atoms with Crippen LogP contribution in [-0.2, 0) is 26.1 Å². The second kappa shape index (κ2) is 5.45. The molecule has 1 heterocycles. The van der Waals surface area contributed by atoms with Crippen LogP contribution in [0.15, 0.2) is 16.5 Å². The van der Waals surface area contributed by atoms with E-state index in [1.54, 1.807) is 0 Å². The van der Waals surface area contributed by atoms with Crippen molar-refractivity contribution in [2.45, 2.75) is 5.75 Å². The molecule has 1 atom stereocenters. The molecule has 1 aromatic rings. The molecule has 0 bridgehead atoms. The second-order valence-electron chi connectivity index (χ2n) is 2.88. The molecule has 0 spiro atoms. The van der Waals surface area contributed by atoms with Crippen molar-refractivity contribution >= 4 is 22.7 Å². The highest BCUT2D eigenvalue weighted by molar-refractivity contribution is 7.84. The Balaban J connectivity index is 2.56. The molecule has 0 amide bonds. The number of carbonyl (C=O) groups excluding carboxylic acids is 1. The zero-order valence-electron chi connectivity index (χ0n) is 8.47. The molecule has 16 heavy (non-hydrogen) atoms. The Hall–Kier alpha value is -1.63. The summed E-state index contributed by atoms with van der Waals surface area (Å²) in [5, 5.41) is 8.57. The standard InChI is InChI=1S/C9H10O6S/c1-14-8(10)5-16(13)4-6-2-3-7(15-6)9(11)12/h2-3H,4-5H2,1H3,(H,11,12). The predicted molar refractivity (Wildman–Crippen MR) is 54.4 cm³/mol. The quantitative estimate of drug-likeness (QED) is 0.756. The third-order valence-electron chi connectivity index (χ3n) is 1.68. The number of methoxy groups -OCH3 is 1. The molecule has 1 aromatic heterocycles. The van der Waals surface area contributed by atoms with Crippen LogP contribution in [0.3, 0.4) is 0 Å². The molecule has 0 saturated heterocycles. The molecular weight excluding hydrogens is 236 g/mol. The van der Waals surface area contributed by atoms with E-state index in [-0.39, 0.29) is 23.0 Å². The van der Waals surface area contributed by atoms with E-state index in [4.69, 9.17) is 9.52 Å². The highest BCUT2D eigenvalue weighted by atomic mass is 32.2. The summed E-state index contributed by atoms with van der Waals surface area (Å²) in [6.07, 6.45) is 0. The van der Waals surface area contributed by atoms with Crippen LogP contribution in [0, 0.1) is 0 Å². The minimum absolute atomic E-state index is 0.0115. The lowest BCUT2D eigenvalue weighted by molar-refractivity contribution is -0.137. The van der Waals surface area contributed by atoms with Crippen molar-refractivity contribution in [3.8, 4) is 0 Å². The summed E-state index contributed by atoms with van der Waals surface area (Å²) >= 11 is 0. The summed E-state index contributed by atoms with van der Waals surface area (Å²) in [5.74, 6) is -1.97. The topological polar surface area (TPSA) is 93.8 Å². The average Bonchev–Trinajstić information content (AvgIpc) is 2.65. The summed E-state index contributed by atoms with van der Waals surface area (Å²) in [7, 11) is -0.259. The Labute approximate surface area is 93.7 Å². The highest BCUT2D eigenvalue weighted by Crippen LogP contribution is 2.10. The molecule has 0 saturated carbocycles. The van der Waals surface area contributed by atoms with Crippen LogP contribution in [-0.4, -0.2) is 34.1 Å². The van der Waals surface area contributed by atoms with E-state index in [2.05, 4.69) is 4.74 Å². The summed E-state index contributed by atoms with van der Waals surface area (Å²) in [6, 6.07) is 2.69. The van der Waals surface area contributed by atoms with E-state index >= 15 is 0 Å². The molecule has 7 heteroatoms. The Bertz CT molecular complexity index is 421. The Morgan fingerprint density at radius 2 is 2.19 bits per heavy atom. The van der Waals surface area contributed by atoms with Crippen molar-refractivity contribution in [3.63, 3.8) is 0 Å². The molecule has 0 aliphatic rings. The SMILES string of the molecule is COC(=O)CS(=O)Cc1ccc(C(=O)O)o1. The normalized spacial score (nSPS) is 12.1. The van der Waals surface area contributed by atoms with Crippen LogP contribution in [0.5, 0.6) is 0 Å². The number of aromatic carboxylic acids is 1. The van der Waals surface area contributed by atoms with Crippen LogP contribution < -0.4 is 0 Å². The first-order chi connectivity index (χ1) is 7.52. The second-order valence-corrected chi connectivity index (χ2v) is 4.33. The van der Waals surface area contributed by atoms with E-state index in [1.165, 1.54) is 19.2 Å². The fourth-order valence-corrected chi connectivity index (χ4v) is 1.93. The lowest BCUT2D eigenvalue weighted by atomic mass is 10.4. The Morgan fingerprint density at radius 3 is 2.69 bits per heavy atom. The van der Waals surface area contributed by atoms with Gasteiger partial charge in [-0.05, 0) is 12.1 Å². The maximum absolute atomic E-state index is 11.4. The highest BCUT2D eigenvalue weighted by Gasteiger charge is 2.13. The Kier molecular flexibility index (Phi) is 4.24. The first-order valence-electron chi connectivity index (χ1n) is 4.26. The van der Waals surface area contributed by atoms with Gasteiger partial charge in [0.25, 0.3) is 0 Å². The van der Waals surface area contributed by atoms with Crippen LogP contribution in [0.1, 0.15) is 16.3 Å². The molecule has 0 aliphatic heterocycles. The van der Waals surface area contributed by atoms with Crippen molar-refractivity contribution < 1.29 is 28.1 Å². The number of carboxylic acids is 1. The van der Waals surface area contributed by atoms with E-state index in [1.807, 2.05) is 0 Å². The van der Waals surface area contributed by atoms with Gasteiger partial charge in [-0.2, -0.15) is 0 Å². The van der Waals surface area contributed by atoms with Crippen molar-refractivity contribution in [1.29, 1.82) is 0 Å². The maximum Gasteiger partial charge on any atom is 0.371 e. The summed E-state index contributed by atoms with van der Waals surface area (Å²) in [6.45, 7) is 0. The lowest BCUT2D eigenvalue weighted by Gasteiger charge is -1.98. The van der Waals surface area contributed by atoms with Crippen LogP contribution >= 0.6 is 0 Å². The number of hydrogen-bond donors (Lipinski definition) is 1. The van der Waals surface area contributed by atoms with Gasteiger partial charge in [0.05, 0.1) is 12.9 Å². The van der Waals surface area contributed by atoms with Crippen LogP contribution in [0.2, 0.25) is 0 Å². The smallest absolute Gasteiger partial charge is 0.371 e. The molecule has 1 rings (SSSR count). The van der Waals surface area contributed by atoms with Gasteiger partial charge in [0.15, 0.2) is 0 Å². The molecule has 0 aliphatic carbocycles. The third-order valence-corrected chi connectivity index (χ3v) is 2.85. The zero-order chi connectivity index (χ0) is 12.1. The summed E-state index contributed by atoms with van der Waals surface area (Å²) in [5.41, 5.74) is 0. The van der Waals surface area contributed by atoms with Gasteiger partial charge in [-0.3, -0.25) is 9.00 Å². The average molecular weight is 246 g/mol. The molecule has 88 valence electrons. The fraction of sp³-hybridized carbons (Fsp3) is 0.333. The largest absolute Gasteiger partial charge is 0.475 e. The third kappa shape index (κ3) is 3.50. The van der Waals surface area contributed by atoms with E-state index in [0.29, 0.717) is 0 Å². The zero-order valence-corrected chi connectivity index (χ0v) is 9.28. The first kappa shape index (κ1) is 12.4. The molecule has 0 aromatic carbocycles. The number of rotatable bonds is 5. The Morgan fingerprint density at radius 1 is 1.50 bits per heavy atom. The molecule has 0 fully saturated rings. The van der Waals surface area contributed by atoms with Gasteiger partial charge in [0, 0.05) is 10.8 Å². The number of ether oxygens (including phenoxy) is 1. The minimum Gasteiger partial charge on any atom is -0.475 e. The number of carboxylic acid groups (broad SMARTS) is 1. The van der Waals surface area contributed by atoms with Gasteiger partial charge in [-0.1, -0.05) is 0 Å². The monoisotopic (exact) mass is 246 g/mol. The molecule has 0 radical (unpaired) electrons. The number of esters is 1. The minimum atomic E-state index is -1.46. The lowest BCUT2D eigenvalue weighted by Crippen LogP contribution is -2.13. The first-order valence-corrected chi connectivity index (χ1v) is 5.75. The fourth-order valence-electron chi connectivity index (χ4n) is 0.971. The van der Waals surface area contributed by atoms with Gasteiger partial charge in [0.2, 0.25) is 5.76 Å². The van der Waals surface area contributed by atoms with Gasteiger partial charge >= 0.3 is 11.9 Å². The van der Waals surface area contributed by atoms with E-state index < -0.39 is 22.7 Å². The predicted octanol–water partition coefficient (Wildman–Crippen LogP) is 0.400. The summed E-state index contributed by atoms with van der Waals surface area (Å²) < 4.78 is 20.6. The number of furan rings is 1. The van der Waals surface area contributed by atoms with Gasteiger partial charge in [-0.25, -0.2) is 4.79 Å². The van der Waals surface area contributed by atoms with Crippen molar-refractivity contribution in [2.75, 3.05) is 12.9 Å². The van der Waals surface area contributed by atoms with Crippen molar-refractivity contribution in [2.24, 2.45) is 0 Å². The van der Waals surface area contributed by atoms with Gasteiger partial charge in [-0.15, -0.1) is 0 Å². The van der Waals surface area contributed by atoms with E-state index in [0.717, 1.165) is 0 Å².